The smallest absolute Gasteiger partial charge is 0.157 e. The second kappa shape index (κ2) is 10.4. The van der Waals surface area contributed by atoms with E-state index in [9.17, 15) is 0 Å². The average Bonchev–Trinajstić information content (AvgIpc) is 2.43. The van der Waals surface area contributed by atoms with Crippen LogP contribution in [0.5, 0.6) is 11.5 Å². The number of ether oxygens (including phenoxy) is 2. The van der Waals surface area contributed by atoms with E-state index in [-0.39, 0.29) is 17.2 Å². The van der Waals surface area contributed by atoms with E-state index in [0.29, 0.717) is 28.2 Å². The summed E-state index contributed by atoms with van der Waals surface area (Å²) < 4.78 is 11.3. The molecule has 2 N–H and O–H groups in total. The van der Waals surface area contributed by atoms with Crippen molar-refractivity contribution >= 4 is 46.4 Å². The lowest BCUT2D eigenvalue weighted by Crippen LogP contribution is -2.14. The van der Waals surface area contributed by atoms with Crippen LogP contribution in [0.3, 0.4) is 0 Å². The number of hydrogen-bond donors (Lipinski definition) is 1. The van der Waals surface area contributed by atoms with Gasteiger partial charge in [0, 0.05) is 12.1 Å². The highest BCUT2D eigenvalue weighted by atomic mass is 35.5. The summed E-state index contributed by atoms with van der Waals surface area (Å²) in [5.41, 5.74) is 0. The SMILES string of the molecule is CC(CCCON)Oc1c(Cl)cc(OCC=C(Cl)Cl)cc1Cl. The lowest BCUT2D eigenvalue weighted by molar-refractivity contribution is 0.119. The summed E-state index contributed by atoms with van der Waals surface area (Å²) in [5, 5.41) is 0.732. The van der Waals surface area contributed by atoms with E-state index < -0.39 is 0 Å². The Bertz CT molecular complexity index is 484. The molecule has 0 bridgehead atoms. The molecule has 0 aliphatic carbocycles. The molecule has 124 valence electrons. The van der Waals surface area contributed by atoms with Crippen LogP contribution < -0.4 is 15.4 Å². The fourth-order valence-electron chi connectivity index (χ4n) is 1.65. The maximum Gasteiger partial charge on any atom is 0.157 e. The highest BCUT2D eigenvalue weighted by Crippen LogP contribution is 2.37. The Hall–Kier alpha value is -0.360. The van der Waals surface area contributed by atoms with E-state index in [0.717, 1.165) is 12.8 Å². The predicted octanol–water partition coefficient (Wildman–Crippen LogP) is 5.13. The van der Waals surface area contributed by atoms with Gasteiger partial charge < -0.3 is 14.3 Å². The van der Waals surface area contributed by atoms with Gasteiger partial charge in [0.2, 0.25) is 0 Å². The van der Waals surface area contributed by atoms with E-state index in [1.54, 1.807) is 12.1 Å². The molecule has 0 aliphatic rings. The number of hydrogen-bond acceptors (Lipinski definition) is 4. The lowest BCUT2D eigenvalue weighted by atomic mass is 10.2. The molecule has 0 heterocycles. The van der Waals surface area contributed by atoms with Gasteiger partial charge >= 0.3 is 0 Å². The molecule has 4 nitrogen and oxygen atoms in total. The van der Waals surface area contributed by atoms with Crippen LogP contribution in [-0.2, 0) is 4.84 Å². The Morgan fingerprint density at radius 2 is 1.91 bits per heavy atom. The van der Waals surface area contributed by atoms with Crippen LogP contribution in [0.2, 0.25) is 10.0 Å². The number of nitrogens with two attached hydrogens (primary N) is 1. The Morgan fingerprint density at radius 3 is 2.45 bits per heavy atom. The minimum absolute atomic E-state index is 0.0742. The van der Waals surface area contributed by atoms with Gasteiger partial charge in [0.15, 0.2) is 5.75 Å². The van der Waals surface area contributed by atoms with Gasteiger partial charge in [0.1, 0.15) is 16.8 Å². The Kier molecular flexibility index (Phi) is 9.33. The zero-order valence-electron chi connectivity index (χ0n) is 12.0. The fraction of sp³-hybridized carbons (Fsp3) is 0.429. The molecular formula is C14H17Cl4NO3. The molecule has 1 rings (SSSR count). The number of halogens is 4. The highest BCUT2D eigenvalue weighted by Gasteiger charge is 2.13. The zero-order chi connectivity index (χ0) is 16.5. The maximum atomic E-state index is 6.18. The van der Waals surface area contributed by atoms with Gasteiger partial charge in [-0.25, -0.2) is 5.90 Å². The molecule has 1 atom stereocenters. The molecule has 0 aromatic heterocycles. The number of rotatable bonds is 9. The van der Waals surface area contributed by atoms with Crippen molar-refractivity contribution in [1.82, 2.24) is 0 Å². The Morgan fingerprint density at radius 1 is 1.27 bits per heavy atom. The fourth-order valence-corrected chi connectivity index (χ4v) is 2.33. The molecule has 0 saturated heterocycles. The zero-order valence-corrected chi connectivity index (χ0v) is 15.0. The van der Waals surface area contributed by atoms with Crippen LogP contribution in [-0.4, -0.2) is 19.3 Å². The van der Waals surface area contributed by atoms with Gasteiger partial charge in [-0.3, -0.25) is 0 Å². The summed E-state index contributed by atoms with van der Waals surface area (Å²) in [4.78, 5) is 4.51. The van der Waals surface area contributed by atoms with Gasteiger partial charge in [-0.2, -0.15) is 0 Å². The summed E-state index contributed by atoms with van der Waals surface area (Å²) >= 11 is 23.4. The molecule has 0 fully saturated rings. The third-order valence-corrected chi connectivity index (χ3v) is 3.52. The maximum absolute atomic E-state index is 6.18. The molecule has 0 aliphatic heterocycles. The predicted molar refractivity (Wildman–Crippen MR) is 91.2 cm³/mol. The van der Waals surface area contributed by atoms with Gasteiger partial charge in [-0.05, 0) is 25.8 Å². The minimum atomic E-state index is -0.0742. The van der Waals surface area contributed by atoms with Gasteiger partial charge in [0.25, 0.3) is 0 Å². The molecule has 22 heavy (non-hydrogen) atoms. The first kappa shape index (κ1) is 19.7. The molecule has 1 aromatic rings. The standard InChI is InChI=1S/C14H17Cl4NO3/c1-9(3-2-5-21-19)22-14-11(15)7-10(8-12(14)16)20-6-4-13(17)18/h4,7-9H,2-3,5-6,19H2,1H3. The first-order valence-corrected chi connectivity index (χ1v) is 8.06. The summed E-state index contributed by atoms with van der Waals surface area (Å²) in [6.07, 6.45) is 2.98. The summed E-state index contributed by atoms with van der Waals surface area (Å²) in [5.74, 6) is 5.89. The van der Waals surface area contributed by atoms with Gasteiger partial charge in [-0.15, -0.1) is 0 Å². The van der Waals surface area contributed by atoms with E-state index in [1.165, 1.54) is 6.08 Å². The molecule has 0 saturated carbocycles. The van der Waals surface area contributed by atoms with Crippen molar-refractivity contribution in [2.24, 2.45) is 5.90 Å². The van der Waals surface area contributed by atoms with Crippen LogP contribution in [0.4, 0.5) is 0 Å². The van der Waals surface area contributed by atoms with Crippen LogP contribution in [0.1, 0.15) is 19.8 Å². The monoisotopic (exact) mass is 387 g/mol. The first-order valence-electron chi connectivity index (χ1n) is 6.55. The quantitative estimate of drug-likeness (QED) is 0.470. The van der Waals surface area contributed by atoms with Crippen molar-refractivity contribution in [1.29, 1.82) is 0 Å². The highest BCUT2D eigenvalue weighted by molar-refractivity contribution is 6.55. The summed E-state index contributed by atoms with van der Waals surface area (Å²) in [7, 11) is 0. The second-order valence-electron chi connectivity index (χ2n) is 4.46. The van der Waals surface area contributed by atoms with Crippen molar-refractivity contribution in [3.05, 3.63) is 32.7 Å². The number of benzene rings is 1. The minimum Gasteiger partial charge on any atom is -0.489 e. The third kappa shape index (κ3) is 7.27. The van der Waals surface area contributed by atoms with E-state index in [2.05, 4.69) is 4.84 Å². The van der Waals surface area contributed by atoms with Crippen LogP contribution in [0.25, 0.3) is 0 Å². The summed E-state index contributed by atoms with van der Waals surface area (Å²) in [6, 6.07) is 3.24. The topological polar surface area (TPSA) is 53.7 Å². The van der Waals surface area contributed by atoms with E-state index >= 15 is 0 Å². The molecule has 0 spiro atoms. The molecule has 8 heteroatoms. The van der Waals surface area contributed by atoms with Crippen molar-refractivity contribution < 1.29 is 14.3 Å². The normalized spacial score (nSPS) is 11.9. The summed E-state index contributed by atoms with van der Waals surface area (Å²) in [6.45, 7) is 2.60. The van der Waals surface area contributed by atoms with Crippen molar-refractivity contribution in [2.75, 3.05) is 13.2 Å². The molecule has 0 radical (unpaired) electrons. The lowest BCUT2D eigenvalue weighted by Gasteiger charge is -2.17. The molecular weight excluding hydrogens is 372 g/mol. The van der Waals surface area contributed by atoms with Crippen molar-refractivity contribution in [3.8, 4) is 11.5 Å². The van der Waals surface area contributed by atoms with Crippen LogP contribution >= 0.6 is 46.4 Å². The van der Waals surface area contributed by atoms with Gasteiger partial charge in [0.05, 0.1) is 22.8 Å². The third-order valence-electron chi connectivity index (χ3n) is 2.65. The van der Waals surface area contributed by atoms with Crippen LogP contribution in [0.15, 0.2) is 22.7 Å². The average molecular weight is 389 g/mol. The molecule has 1 aromatic carbocycles. The molecule has 0 amide bonds. The van der Waals surface area contributed by atoms with Crippen LogP contribution in [0, 0.1) is 0 Å². The molecule has 1 unspecified atom stereocenters. The van der Waals surface area contributed by atoms with E-state index in [4.69, 9.17) is 61.8 Å². The second-order valence-corrected chi connectivity index (χ2v) is 6.28. The van der Waals surface area contributed by atoms with E-state index in [1.807, 2.05) is 6.92 Å². The van der Waals surface area contributed by atoms with Crippen molar-refractivity contribution in [2.45, 2.75) is 25.9 Å². The Labute approximate surface area is 150 Å². The largest absolute Gasteiger partial charge is 0.489 e. The Balaban J connectivity index is 2.67. The first-order chi connectivity index (χ1) is 10.4. The van der Waals surface area contributed by atoms with Gasteiger partial charge in [-0.1, -0.05) is 46.4 Å². The van der Waals surface area contributed by atoms with Crippen molar-refractivity contribution in [3.63, 3.8) is 0 Å².